The van der Waals surface area contributed by atoms with E-state index in [4.69, 9.17) is 9.47 Å². The third-order valence-electron chi connectivity index (χ3n) is 5.10. The second-order valence-electron chi connectivity index (χ2n) is 7.05. The Balaban J connectivity index is 1.73. The first-order valence-electron chi connectivity index (χ1n) is 9.33. The second-order valence-corrected chi connectivity index (χ2v) is 7.05. The van der Waals surface area contributed by atoms with E-state index < -0.39 is 11.4 Å². The zero-order valence-electron chi connectivity index (χ0n) is 16.5. The first-order chi connectivity index (χ1) is 14.0. The summed E-state index contributed by atoms with van der Waals surface area (Å²) in [6.45, 7) is 1.29. The Morgan fingerprint density at radius 2 is 1.90 bits per heavy atom. The molecule has 1 unspecified atom stereocenters. The van der Waals surface area contributed by atoms with Crippen LogP contribution in [0.4, 0.5) is 4.39 Å². The molecule has 3 rings (SSSR count). The van der Waals surface area contributed by atoms with Crippen LogP contribution >= 0.6 is 0 Å². The van der Waals surface area contributed by atoms with Gasteiger partial charge in [-0.2, -0.15) is 0 Å². The molecule has 0 radical (unpaired) electrons. The monoisotopic (exact) mass is 401 g/mol. The molecule has 1 aromatic heterocycles. The summed E-state index contributed by atoms with van der Waals surface area (Å²) in [5, 5.41) is 3.05. The van der Waals surface area contributed by atoms with Crippen LogP contribution in [-0.4, -0.2) is 61.2 Å². The zero-order chi connectivity index (χ0) is 20.9. The van der Waals surface area contributed by atoms with Crippen LogP contribution < -0.4 is 10.1 Å². The van der Waals surface area contributed by atoms with Crippen molar-refractivity contribution in [2.24, 2.45) is 0 Å². The van der Waals surface area contributed by atoms with Gasteiger partial charge in [-0.3, -0.25) is 9.59 Å². The topological polar surface area (TPSA) is 80.8 Å². The van der Waals surface area contributed by atoms with Crippen molar-refractivity contribution in [2.75, 3.05) is 33.9 Å². The smallest absolute Gasteiger partial charge is 0.255 e. The van der Waals surface area contributed by atoms with E-state index in [1.54, 1.807) is 24.1 Å². The summed E-state index contributed by atoms with van der Waals surface area (Å²) in [7, 11) is 3.11. The molecule has 8 heteroatoms. The average Bonchev–Trinajstić information content (AvgIpc) is 3.16. The summed E-state index contributed by atoms with van der Waals surface area (Å²) in [5.74, 6) is -0.428. The molecule has 0 bridgehead atoms. The molecule has 154 valence electrons. The SMILES string of the molecule is COCCC1(NC(=O)c2ccc(F)cc2)CCN(C(=O)c2ccc(OC)nc2)C1. The summed E-state index contributed by atoms with van der Waals surface area (Å²) in [4.78, 5) is 31.3. The minimum Gasteiger partial charge on any atom is -0.481 e. The summed E-state index contributed by atoms with van der Waals surface area (Å²) in [6, 6.07) is 8.68. The highest BCUT2D eigenvalue weighted by Gasteiger charge is 2.41. The highest BCUT2D eigenvalue weighted by Crippen LogP contribution is 2.27. The largest absolute Gasteiger partial charge is 0.481 e. The fourth-order valence-electron chi connectivity index (χ4n) is 3.44. The van der Waals surface area contributed by atoms with Gasteiger partial charge in [0.05, 0.1) is 18.2 Å². The molecule has 2 amide bonds. The number of pyridine rings is 1. The number of carbonyl (C=O) groups is 2. The molecule has 1 fully saturated rings. The van der Waals surface area contributed by atoms with Gasteiger partial charge in [0.15, 0.2) is 0 Å². The number of carbonyl (C=O) groups excluding carboxylic acids is 2. The van der Waals surface area contributed by atoms with Crippen molar-refractivity contribution in [3.63, 3.8) is 0 Å². The zero-order valence-corrected chi connectivity index (χ0v) is 16.5. The number of ether oxygens (including phenoxy) is 2. The molecule has 1 N–H and O–H groups in total. The van der Waals surface area contributed by atoms with Gasteiger partial charge in [0.1, 0.15) is 5.82 Å². The highest BCUT2D eigenvalue weighted by molar-refractivity contribution is 5.96. The quantitative estimate of drug-likeness (QED) is 0.770. The number of nitrogens with zero attached hydrogens (tertiary/aromatic N) is 2. The molecule has 29 heavy (non-hydrogen) atoms. The van der Waals surface area contributed by atoms with Gasteiger partial charge in [-0.25, -0.2) is 9.37 Å². The average molecular weight is 401 g/mol. The molecular weight excluding hydrogens is 377 g/mol. The third-order valence-corrected chi connectivity index (χ3v) is 5.10. The predicted molar refractivity (Wildman–Crippen MR) is 104 cm³/mol. The van der Waals surface area contributed by atoms with Gasteiger partial charge in [0.25, 0.3) is 11.8 Å². The number of hydrogen-bond donors (Lipinski definition) is 1. The number of rotatable bonds is 7. The van der Waals surface area contributed by atoms with Crippen molar-refractivity contribution >= 4 is 11.8 Å². The van der Waals surface area contributed by atoms with Crippen LogP contribution in [-0.2, 0) is 4.74 Å². The van der Waals surface area contributed by atoms with E-state index >= 15 is 0 Å². The van der Waals surface area contributed by atoms with Gasteiger partial charge < -0.3 is 19.7 Å². The lowest BCUT2D eigenvalue weighted by Crippen LogP contribution is -2.51. The van der Waals surface area contributed by atoms with Crippen LogP contribution in [0.15, 0.2) is 42.6 Å². The van der Waals surface area contributed by atoms with Crippen LogP contribution in [0.25, 0.3) is 0 Å². The molecule has 0 saturated carbocycles. The number of aromatic nitrogens is 1. The standard InChI is InChI=1S/C21H24FN3O4/c1-28-12-10-21(24-19(26)15-3-6-17(22)7-4-15)9-11-25(14-21)20(27)16-5-8-18(29-2)23-13-16/h3-8,13H,9-12,14H2,1-2H3,(H,24,26). The minimum atomic E-state index is -0.614. The Hall–Kier alpha value is -3.00. The maximum absolute atomic E-state index is 13.1. The van der Waals surface area contributed by atoms with Crippen LogP contribution in [0, 0.1) is 5.82 Å². The van der Waals surface area contributed by atoms with E-state index in [0.29, 0.717) is 49.5 Å². The Morgan fingerprint density at radius 1 is 1.17 bits per heavy atom. The molecule has 1 atom stereocenters. The van der Waals surface area contributed by atoms with Crippen molar-refractivity contribution in [3.05, 3.63) is 59.5 Å². The molecule has 7 nitrogen and oxygen atoms in total. The number of amides is 2. The summed E-state index contributed by atoms with van der Waals surface area (Å²) < 4.78 is 23.4. The van der Waals surface area contributed by atoms with Gasteiger partial charge in [-0.1, -0.05) is 0 Å². The maximum atomic E-state index is 13.1. The van der Waals surface area contributed by atoms with Crippen LogP contribution in [0.5, 0.6) is 5.88 Å². The molecular formula is C21H24FN3O4. The fourth-order valence-corrected chi connectivity index (χ4v) is 3.44. The lowest BCUT2D eigenvalue weighted by Gasteiger charge is -2.30. The lowest BCUT2D eigenvalue weighted by atomic mass is 9.93. The van der Waals surface area contributed by atoms with Gasteiger partial charge in [0.2, 0.25) is 5.88 Å². The van der Waals surface area contributed by atoms with E-state index in [0.717, 1.165) is 0 Å². The van der Waals surface area contributed by atoms with Gasteiger partial charge in [0, 0.05) is 44.6 Å². The van der Waals surface area contributed by atoms with Gasteiger partial charge in [-0.15, -0.1) is 0 Å². The van der Waals surface area contributed by atoms with Gasteiger partial charge >= 0.3 is 0 Å². The molecule has 1 aliphatic rings. The Bertz CT molecular complexity index is 857. The molecule has 2 aromatic rings. The van der Waals surface area contributed by atoms with E-state index in [1.165, 1.54) is 37.6 Å². The van der Waals surface area contributed by atoms with Crippen LogP contribution in [0.2, 0.25) is 0 Å². The first-order valence-corrected chi connectivity index (χ1v) is 9.33. The fraction of sp³-hybridized carbons (Fsp3) is 0.381. The van der Waals surface area contributed by atoms with Crippen molar-refractivity contribution < 1.29 is 23.5 Å². The summed E-state index contributed by atoms with van der Waals surface area (Å²) in [5.41, 5.74) is 0.211. The number of methoxy groups -OCH3 is 2. The van der Waals surface area contributed by atoms with Crippen LogP contribution in [0.3, 0.4) is 0 Å². The third kappa shape index (κ3) is 4.89. The maximum Gasteiger partial charge on any atom is 0.255 e. The van der Waals surface area contributed by atoms with E-state index in [2.05, 4.69) is 10.3 Å². The van der Waals surface area contributed by atoms with Gasteiger partial charge in [-0.05, 0) is 43.2 Å². The van der Waals surface area contributed by atoms with Crippen molar-refractivity contribution in [3.8, 4) is 5.88 Å². The number of hydrogen-bond acceptors (Lipinski definition) is 5. The van der Waals surface area contributed by atoms with Crippen molar-refractivity contribution in [2.45, 2.75) is 18.4 Å². The highest BCUT2D eigenvalue weighted by atomic mass is 19.1. The number of halogens is 1. The second kappa shape index (κ2) is 9.00. The number of benzene rings is 1. The van der Waals surface area contributed by atoms with Crippen molar-refractivity contribution in [1.29, 1.82) is 0 Å². The number of nitrogens with one attached hydrogen (secondary N) is 1. The van der Waals surface area contributed by atoms with E-state index in [-0.39, 0.29) is 11.8 Å². The minimum absolute atomic E-state index is 0.157. The van der Waals surface area contributed by atoms with E-state index in [1.807, 2.05) is 0 Å². The summed E-state index contributed by atoms with van der Waals surface area (Å²) in [6.07, 6.45) is 2.63. The van der Waals surface area contributed by atoms with E-state index in [9.17, 15) is 14.0 Å². The van der Waals surface area contributed by atoms with Crippen LogP contribution in [0.1, 0.15) is 33.6 Å². The predicted octanol–water partition coefficient (Wildman–Crippen LogP) is 2.28. The molecule has 1 aliphatic heterocycles. The van der Waals surface area contributed by atoms with Crippen molar-refractivity contribution in [1.82, 2.24) is 15.2 Å². The first kappa shape index (κ1) is 20.7. The molecule has 0 spiro atoms. The molecule has 1 saturated heterocycles. The Morgan fingerprint density at radius 3 is 2.52 bits per heavy atom. The normalized spacial score (nSPS) is 18.5. The number of likely N-dealkylation sites (tertiary alicyclic amines) is 1. The lowest BCUT2D eigenvalue weighted by molar-refractivity contribution is 0.0746. The molecule has 2 heterocycles. The summed E-state index contributed by atoms with van der Waals surface area (Å²) >= 11 is 0. The Kier molecular flexibility index (Phi) is 6.43. The molecule has 0 aliphatic carbocycles. The molecule has 1 aromatic carbocycles. The Labute approximate surface area is 168 Å².